The van der Waals surface area contributed by atoms with Crippen molar-refractivity contribution in [2.75, 3.05) is 18.6 Å². The molecule has 0 fully saturated rings. The molecule has 0 spiro atoms. The lowest BCUT2D eigenvalue weighted by Gasteiger charge is -2.20. The van der Waals surface area contributed by atoms with Gasteiger partial charge >= 0.3 is 0 Å². The van der Waals surface area contributed by atoms with E-state index >= 15 is 0 Å². The Bertz CT molecular complexity index is 1590. The molecular formula is C31H31N3O5S2. The summed E-state index contributed by atoms with van der Waals surface area (Å²) in [5.74, 6) is 1.11. The highest BCUT2D eigenvalue weighted by Crippen LogP contribution is 2.41. The van der Waals surface area contributed by atoms with Crippen LogP contribution in [-0.4, -0.2) is 65.6 Å². The van der Waals surface area contributed by atoms with Crippen molar-refractivity contribution in [2.45, 2.75) is 23.9 Å². The second kappa shape index (κ2) is 12.9. The number of fused-ring (bicyclic) bond motifs is 1. The first-order valence-electron chi connectivity index (χ1n) is 13.0. The Morgan fingerprint density at radius 2 is 1.61 bits per heavy atom. The van der Waals surface area contributed by atoms with Gasteiger partial charge in [0, 0.05) is 29.7 Å². The van der Waals surface area contributed by atoms with E-state index < -0.39 is 17.5 Å². The van der Waals surface area contributed by atoms with Crippen LogP contribution in [0.1, 0.15) is 27.8 Å². The van der Waals surface area contributed by atoms with Gasteiger partial charge in [-0.05, 0) is 47.5 Å². The van der Waals surface area contributed by atoms with Gasteiger partial charge in [-0.25, -0.2) is 9.97 Å². The summed E-state index contributed by atoms with van der Waals surface area (Å²) in [6.07, 6.45) is 0.233. The van der Waals surface area contributed by atoms with Gasteiger partial charge in [0.15, 0.2) is 5.65 Å². The molecule has 5 rings (SSSR count). The number of hydrogen-bond acceptors (Lipinski definition) is 9. The number of rotatable bonds is 11. The van der Waals surface area contributed by atoms with E-state index in [0.29, 0.717) is 34.9 Å². The molecule has 0 aliphatic carbocycles. The van der Waals surface area contributed by atoms with E-state index in [4.69, 9.17) is 14.7 Å². The normalized spacial score (nSPS) is 13.7. The lowest BCUT2D eigenvalue weighted by Crippen LogP contribution is -2.29. The van der Waals surface area contributed by atoms with Crippen molar-refractivity contribution in [3.05, 3.63) is 108 Å². The summed E-state index contributed by atoms with van der Waals surface area (Å²) < 4.78 is 6.96. The molecule has 212 valence electrons. The summed E-state index contributed by atoms with van der Waals surface area (Å²) in [7, 11) is 1.59. The molecule has 4 N–H and O–H groups in total. The molecule has 5 aromatic rings. The van der Waals surface area contributed by atoms with Gasteiger partial charge in [-0.2, -0.15) is 12.6 Å². The molecule has 0 amide bonds. The Labute approximate surface area is 247 Å². The van der Waals surface area contributed by atoms with Crippen LogP contribution in [0.5, 0.6) is 17.4 Å². The third-order valence-corrected chi connectivity index (χ3v) is 8.52. The second-order valence-electron chi connectivity index (χ2n) is 9.60. The van der Waals surface area contributed by atoms with E-state index in [1.165, 1.54) is 11.8 Å². The molecule has 0 saturated carbocycles. The zero-order valence-electron chi connectivity index (χ0n) is 22.3. The molecule has 41 heavy (non-hydrogen) atoms. The second-order valence-corrected chi connectivity index (χ2v) is 11.1. The van der Waals surface area contributed by atoms with Crippen LogP contribution in [0.15, 0.2) is 85.1 Å². The SMILES string of the molecule is COc1ccc([13CH](SC[C@@H](O)[C@H](O)CS)c2nc3c(Cc4ccccc4)nc(-c4ccc(O)cc4)cn3c2O)cc1. The van der Waals surface area contributed by atoms with Gasteiger partial charge in [0.25, 0.3) is 0 Å². The number of hydrogen-bond donors (Lipinski definition) is 5. The van der Waals surface area contributed by atoms with E-state index in [1.807, 2.05) is 54.6 Å². The van der Waals surface area contributed by atoms with Gasteiger partial charge in [-0.3, -0.25) is 4.40 Å². The monoisotopic (exact) mass is 590 g/mol. The van der Waals surface area contributed by atoms with Crippen molar-refractivity contribution in [1.82, 2.24) is 14.4 Å². The summed E-state index contributed by atoms with van der Waals surface area (Å²) >= 11 is 5.46. The molecule has 0 radical (unpaired) electrons. The fraction of sp³-hybridized carbons (Fsp3) is 0.226. The summed E-state index contributed by atoms with van der Waals surface area (Å²) in [5.41, 5.74) is 4.87. The maximum Gasteiger partial charge on any atom is 0.220 e. The summed E-state index contributed by atoms with van der Waals surface area (Å²) in [5, 5.41) is 41.5. The van der Waals surface area contributed by atoms with Gasteiger partial charge in [0.05, 0.1) is 36.0 Å². The molecule has 0 bridgehead atoms. The van der Waals surface area contributed by atoms with Crippen LogP contribution in [0.2, 0.25) is 0 Å². The van der Waals surface area contributed by atoms with Gasteiger partial charge in [-0.15, -0.1) is 11.8 Å². The van der Waals surface area contributed by atoms with E-state index in [9.17, 15) is 20.4 Å². The third-order valence-electron chi connectivity index (χ3n) is 6.79. The number of methoxy groups -OCH3 is 1. The predicted molar refractivity (Wildman–Crippen MR) is 164 cm³/mol. The molecule has 0 aliphatic rings. The van der Waals surface area contributed by atoms with Crippen molar-refractivity contribution in [1.29, 1.82) is 0 Å². The number of imidazole rings is 1. The van der Waals surface area contributed by atoms with Crippen LogP contribution in [0.25, 0.3) is 16.9 Å². The number of aromatic hydroxyl groups is 2. The Hall–Kier alpha value is -3.70. The van der Waals surface area contributed by atoms with Crippen LogP contribution in [-0.2, 0) is 6.42 Å². The van der Waals surface area contributed by atoms with Crippen molar-refractivity contribution < 1.29 is 25.2 Å². The molecule has 1 unspecified atom stereocenters. The first kappa shape index (κ1) is 28.8. The molecule has 2 heterocycles. The van der Waals surface area contributed by atoms with Crippen molar-refractivity contribution in [3.8, 4) is 28.6 Å². The van der Waals surface area contributed by atoms with Crippen LogP contribution in [0.3, 0.4) is 0 Å². The Kier molecular flexibility index (Phi) is 9.04. The molecule has 8 nitrogen and oxygen atoms in total. The van der Waals surface area contributed by atoms with Crippen LogP contribution in [0.4, 0.5) is 0 Å². The maximum absolute atomic E-state index is 11.6. The summed E-state index contributed by atoms with van der Waals surface area (Å²) in [6, 6.07) is 24.1. The maximum atomic E-state index is 11.6. The number of ether oxygens (including phenoxy) is 1. The van der Waals surface area contributed by atoms with Gasteiger partial charge in [-0.1, -0.05) is 42.5 Å². The Balaban J connectivity index is 1.64. The van der Waals surface area contributed by atoms with Crippen molar-refractivity contribution in [2.24, 2.45) is 0 Å². The van der Waals surface area contributed by atoms with E-state index in [1.54, 1.807) is 42.0 Å². The highest BCUT2D eigenvalue weighted by Gasteiger charge is 2.27. The fourth-order valence-electron chi connectivity index (χ4n) is 4.51. The lowest BCUT2D eigenvalue weighted by molar-refractivity contribution is 0.0502. The first-order chi connectivity index (χ1) is 19.9. The van der Waals surface area contributed by atoms with Crippen molar-refractivity contribution >= 4 is 30.0 Å². The molecule has 3 atom stereocenters. The topological polar surface area (TPSA) is 120 Å². The predicted octanol–water partition coefficient (Wildman–Crippen LogP) is 4.88. The molecular weight excluding hydrogens is 559 g/mol. The van der Waals surface area contributed by atoms with E-state index in [0.717, 1.165) is 16.7 Å². The first-order valence-corrected chi connectivity index (χ1v) is 14.7. The molecule has 2 aromatic heterocycles. The standard InChI is InChI=1S/C31H31N3O5S2/c1-39-23-13-9-21(10-14-23)29(41-18-27(37)26(36)17-40)28-31(38)34-16-25(20-7-11-22(35)12-8-20)32-24(30(34)33-28)15-19-5-3-2-4-6-19/h2-14,16,26-27,29,35-38,40H,15,17-18H2,1H3/t26-,27-,29?/m1/s1/i29+1. The number of nitrogens with zero attached hydrogens (tertiary/aromatic N) is 3. The van der Waals surface area contributed by atoms with Crippen LogP contribution in [0, 0.1) is 0 Å². The molecule has 3 aromatic carbocycles. The zero-order chi connectivity index (χ0) is 28.9. The minimum Gasteiger partial charge on any atom is -0.508 e. The van der Waals surface area contributed by atoms with Gasteiger partial charge in [0.1, 0.15) is 17.2 Å². The number of benzene rings is 3. The highest BCUT2D eigenvalue weighted by atomic mass is 32.2. The number of thiol groups is 1. The number of aliphatic hydroxyl groups excluding tert-OH is 2. The molecule has 0 saturated heterocycles. The van der Waals surface area contributed by atoms with E-state index in [-0.39, 0.29) is 23.1 Å². The minimum absolute atomic E-state index is 0.0470. The van der Waals surface area contributed by atoms with Gasteiger partial charge in [0.2, 0.25) is 5.88 Å². The minimum atomic E-state index is -1.01. The number of phenolic OH excluding ortho intramolecular Hbond substituents is 1. The van der Waals surface area contributed by atoms with Crippen LogP contribution < -0.4 is 4.74 Å². The van der Waals surface area contributed by atoms with E-state index in [2.05, 4.69) is 12.6 Å². The number of aliphatic hydroxyl groups is 2. The smallest absolute Gasteiger partial charge is 0.220 e. The zero-order valence-corrected chi connectivity index (χ0v) is 24.0. The number of thioether (sulfide) groups is 1. The van der Waals surface area contributed by atoms with Crippen molar-refractivity contribution in [3.63, 3.8) is 0 Å². The average molecular weight is 591 g/mol. The Morgan fingerprint density at radius 1 is 0.902 bits per heavy atom. The Morgan fingerprint density at radius 3 is 2.27 bits per heavy atom. The number of aromatic nitrogens is 3. The molecule has 0 aliphatic heterocycles. The third kappa shape index (κ3) is 6.46. The average Bonchev–Trinajstić information content (AvgIpc) is 3.34. The largest absolute Gasteiger partial charge is 0.508 e. The number of phenols is 1. The van der Waals surface area contributed by atoms with Gasteiger partial charge < -0.3 is 25.2 Å². The van der Waals surface area contributed by atoms with Crippen LogP contribution >= 0.6 is 24.4 Å². The quantitative estimate of drug-likeness (QED) is 0.109. The summed E-state index contributed by atoms with van der Waals surface area (Å²) in [6.45, 7) is 0. The highest BCUT2D eigenvalue weighted by molar-refractivity contribution is 7.99. The molecule has 10 heteroatoms. The fourth-order valence-corrected chi connectivity index (χ4v) is 6.03. The lowest BCUT2D eigenvalue weighted by atomic mass is 10.1. The summed E-state index contributed by atoms with van der Waals surface area (Å²) in [4.78, 5) is 9.85.